The number of rotatable bonds is 7. The van der Waals surface area contributed by atoms with Crippen molar-refractivity contribution in [1.29, 1.82) is 0 Å². The number of halogens is 2. The fourth-order valence-electron chi connectivity index (χ4n) is 3.94. The van der Waals surface area contributed by atoms with E-state index in [9.17, 15) is 17.6 Å². The minimum Gasteiger partial charge on any atom is -0.368 e. The number of pyridine rings is 1. The minimum absolute atomic E-state index is 0.0327. The van der Waals surface area contributed by atoms with Gasteiger partial charge in [0.1, 0.15) is 11.5 Å². The Bertz CT molecular complexity index is 1840. The van der Waals surface area contributed by atoms with Crippen LogP contribution in [0.4, 0.5) is 20.4 Å². The molecule has 0 bridgehead atoms. The quantitative estimate of drug-likeness (QED) is 0.267. The summed E-state index contributed by atoms with van der Waals surface area (Å²) in [6.07, 6.45) is 4.48. The molecule has 2 aromatic carbocycles. The Morgan fingerprint density at radius 1 is 1.11 bits per heavy atom. The Balaban J connectivity index is 1.56. The van der Waals surface area contributed by atoms with Gasteiger partial charge in [-0.25, -0.2) is 23.7 Å². The molecule has 0 aliphatic heterocycles. The van der Waals surface area contributed by atoms with Crippen molar-refractivity contribution >= 4 is 49.6 Å². The van der Waals surface area contributed by atoms with Crippen molar-refractivity contribution in [2.75, 3.05) is 24.0 Å². The lowest BCUT2D eigenvalue weighted by Gasteiger charge is -2.17. The second-order valence-electron chi connectivity index (χ2n) is 8.46. The summed E-state index contributed by atoms with van der Waals surface area (Å²) in [6.45, 7) is 1.71. The highest BCUT2D eigenvalue weighted by molar-refractivity contribution is 7.90. The number of aromatic nitrogens is 4. The first-order valence-electron chi connectivity index (χ1n) is 11.4. The Morgan fingerprint density at radius 3 is 2.66 bits per heavy atom. The van der Waals surface area contributed by atoms with Gasteiger partial charge in [0.05, 0.1) is 16.8 Å². The van der Waals surface area contributed by atoms with Gasteiger partial charge in [-0.2, -0.15) is 12.7 Å². The molecule has 13 heteroatoms. The summed E-state index contributed by atoms with van der Waals surface area (Å²) in [7, 11) is -2.81. The van der Waals surface area contributed by atoms with E-state index in [4.69, 9.17) is 5.73 Å². The van der Waals surface area contributed by atoms with Crippen LogP contribution in [0.5, 0.6) is 0 Å². The van der Waals surface area contributed by atoms with Gasteiger partial charge < -0.3 is 10.7 Å². The van der Waals surface area contributed by atoms with Crippen LogP contribution < -0.4 is 10.5 Å². The van der Waals surface area contributed by atoms with Gasteiger partial charge in [0.15, 0.2) is 5.82 Å². The molecule has 0 atom stereocenters. The molecule has 0 spiro atoms. The first-order chi connectivity index (χ1) is 18.1. The number of aromatic amines is 1. The van der Waals surface area contributed by atoms with Gasteiger partial charge in [-0.3, -0.25) is 9.52 Å². The van der Waals surface area contributed by atoms with Gasteiger partial charge in [-0.05, 0) is 35.9 Å². The fraction of sp³-hybridized carbons (Fsp3) is 0.120. The number of nitrogens with zero attached hydrogens (tertiary/aromatic N) is 4. The van der Waals surface area contributed by atoms with Crippen LogP contribution in [-0.2, 0) is 10.2 Å². The Labute approximate surface area is 215 Å². The molecule has 0 aliphatic rings. The molecule has 0 saturated carbocycles. The van der Waals surface area contributed by atoms with Crippen LogP contribution in [0, 0.1) is 11.6 Å². The van der Waals surface area contributed by atoms with Gasteiger partial charge in [-0.15, -0.1) is 0 Å². The summed E-state index contributed by atoms with van der Waals surface area (Å²) in [6, 6.07) is 8.83. The molecule has 3 heterocycles. The topological polar surface area (TPSA) is 147 Å². The molecule has 0 amide bonds. The zero-order chi connectivity index (χ0) is 27.2. The Hall–Kier alpha value is -4.49. The number of anilines is 2. The molecule has 4 N–H and O–H groups in total. The number of carbonyl (C=O) groups excluding carboxylic acids is 1. The van der Waals surface area contributed by atoms with Crippen molar-refractivity contribution < 1.29 is 22.0 Å². The van der Waals surface area contributed by atoms with Crippen molar-refractivity contribution in [3.8, 4) is 11.1 Å². The first-order valence-corrected chi connectivity index (χ1v) is 12.8. The highest BCUT2D eigenvalue weighted by atomic mass is 32.2. The first kappa shape index (κ1) is 25.2. The van der Waals surface area contributed by atoms with Crippen molar-refractivity contribution in [2.24, 2.45) is 0 Å². The van der Waals surface area contributed by atoms with E-state index in [0.717, 1.165) is 27.4 Å². The molecule has 0 unspecified atom stereocenters. The van der Waals surface area contributed by atoms with E-state index in [1.54, 1.807) is 37.5 Å². The van der Waals surface area contributed by atoms with Crippen LogP contribution in [0.2, 0.25) is 0 Å². The molecular formula is C25H21F2N7O3S. The van der Waals surface area contributed by atoms with E-state index in [-0.39, 0.29) is 18.1 Å². The van der Waals surface area contributed by atoms with Crippen molar-refractivity contribution in [1.82, 2.24) is 24.2 Å². The number of hydrogen-bond donors (Lipinski definition) is 3. The summed E-state index contributed by atoms with van der Waals surface area (Å²) < 4.78 is 57.8. The maximum atomic E-state index is 15.3. The zero-order valence-electron chi connectivity index (χ0n) is 20.2. The number of nitrogens with one attached hydrogen (secondary N) is 2. The maximum Gasteiger partial charge on any atom is 0.301 e. The van der Waals surface area contributed by atoms with Gasteiger partial charge in [0.25, 0.3) is 0 Å². The largest absolute Gasteiger partial charge is 0.368 e. The van der Waals surface area contributed by atoms with E-state index in [0.29, 0.717) is 22.1 Å². The molecule has 10 nitrogen and oxygen atoms in total. The van der Waals surface area contributed by atoms with Gasteiger partial charge in [0.2, 0.25) is 11.7 Å². The van der Waals surface area contributed by atoms with Crippen LogP contribution in [0.25, 0.3) is 33.1 Å². The predicted octanol–water partition coefficient (Wildman–Crippen LogP) is 3.87. The van der Waals surface area contributed by atoms with E-state index in [1.807, 2.05) is 6.07 Å². The average Bonchev–Trinajstić information content (AvgIpc) is 3.32. The summed E-state index contributed by atoms with van der Waals surface area (Å²) in [5, 5.41) is 1.07. The van der Waals surface area contributed by atoms with Crippen LogP contribution in [0.3, 0.4) is 0 Å². The third kappa shape index (κ3) is 4.41. The molecule has 0 radical (unpaired) electrons. The number of nitrogens with two attached hydrogens (primary N) is 1. The van der Waals surface area contributed by atoms with Crippen molar-refractivity contribution in [3.05, 3.63) is 77.8 Å². The second-order valence-corrected chi connectivity index (χ2v) is 10.2. The Kier molecular flexibility index (Phi) is 6.25. The standard InChI is InChI=1S/C25H21F2N7O3S/c1-3-34(2)38(36,37)33-20-7-5-18(26)21(22(20)27)23(35)17-12-30-24-16(17)9-14(10-29-24)13-4-6-19-15(8-13)11-31-25(28)32-19/h4-12,33H,3H2,1-2H3,(H,29,30)(H2,28,31,32). The third-order valence-electron chi connectivity index (χ3n) is 6.12. The van der Waals surface area contributed by atoms with E-state index in [1.165, 1.54) is 13.2 Å². The number of ketones is 1. The van der Waals surface area contributed by atoms with E-state index in [2.05, 4.69) is 24.7 Å². The molecule has 0 saturated heterocycles. The molecule has 0 fully saturated rings. The van der Waals surface area contributed by atoms with Crippen molar-refractivity contribution in [2.45, 2.75) is 6.92 Å². The number of H-pyrrole nitrogens is 1. The lowest BCUT2D eigenvalue weighted by molar-refractivity contribution is 0.103. The van der Waals surface area contributed by atoms with E-state index >= 15 is 4.39 Å². The van der Waals surface area contributed by atoms with Gasteiger partial charge in [-0.1, -0.05) is 13.0 Å². The molecular weight excluding hydrogens is 516 g/mol. The third-order valence-corrected chi connectivity index (χ3v) is 7.68. The zero-order valence-corrected chi connectivity index (χ0v) is 21.0. The monoisotopic (exact) mass is 537 g/mol. The number of carbonyl (C=O) groups is 1. The predicted molar refractivity (Wildman–Crippen MR) is 140 cm³/mol. The highest BCUT2D eigenvalue weighted by Crippen LogP contribution is 2.30. The lowest BCUT2D eigenvalue weighted by Crippen LogP contribution is -2.32. The summed E-state index contributed by atoms with van der Waals surface area (Å²) in [4.78, 5) is 28.7. The van der Waals surface area contributed by atoms with Crippen LogP contribution in [0.1, 0.15) is 22.8 Å². The van der Waals surface area contributed by atoms with Gasteiger partial charge >= 0.3 is 10.2 Å². The fourth-order valence-corrected chi connectivity index (χ4v) is 4.87. The average molecular weight is 538 g/mol. The number of fused-ring (bicyclic) bond motifs is 2. The summed E-state index contributed by atoms with van der Waals surface area (Å²) >= 11 is 0. The number of hydrogen-bond acceptors (Lipinski definition) is 7. The molecule has 5 aromatic rings. The minimum atomic E-state index is -4.11. The van der Waals surface area contributed by atoms with E-state index < -0.39 is 38.9 Å². The van der Waals surface area contributed by atoms with Gasteiger partial charge in [0, 0.05) is 54.1 Å². The molecule has 5 rings (SSSR count). The Morgan fingerprint density at radius 2 is 1.89 bits per heavy atom. The van der Waals surface area contributed by atoms with Crippen LogP contribution >= 0.6 is 0 Å². The van der Waals surface area contributed by atoms with Crippen LogP contribution in [-0.4, -0.2) is 52.0 Å². The van der Waals surface area contributed by atoms with Crippen molar-refractivity contribution in [3.63, 3.8) is 0 Å². The smallest absolute Gasteiger partial charge is 0.301 e. The summed E-state index contributed by atoms with van der Waals surface area (Å²) in [5.41, 5.74) is 6.53. The maximum absolute atomic E-state index is 15.3. The molecule has 38 heavy (non-hydrogen) atoms. The van der Waals surface area contributed by atoms with Crippen LogP contribution in [0.15, 0.2) is 55.0 Å². The SMILES string of the molecule is CCN(C)S(=O)(=O)Nc1ccc(F)c(C(=O)c2c[nH]c3ncc(-c4ccc5nc(N)ncc5c4)cc23)c1F. The molecule has 0 aliphatic carbocycles. The summed E-state index contributed by atoms with van der Waals surface area (Å²) in [5.74, 6) is -3.28. The normalized spacial score (nSPS) is 11.9. The molecule has 194 valence electrons. The second kappa shape index (κ2) is 9.43. The lowest BCUT2D eigenvalue weighted by atomic mass is 9.99. The number of benzene rings is 2. The number of nitrogen functional groups attached to an aromatic ring is 1. The highest BCUT2D eigenvalue weighted by Gasteiger charge is 2.27. The molecule has 3 aromatic heterocycles.